The number of hydrogen-bond donors (Lipinski definition) is 2. The summed E-state index contributed by atoms with van der Waals surface area (Å²) in [4.78, 5) is 24.5. The number of hydrogen-bond acceptors (Lipinski definition) is 2. The molecule has 0 spiro atoms. The SMILES string of the molecule is CCCC1(C(=O)O)CCN(C(=O)NCCC(F)(F)F)CC1. The number of alkyl halides is 3. The van der Waals surface area contributed by atoms with Crippen LogP contribution in [0.3, 0.4) is 0 Å². The first-order valence-electron chi connectivity index (χ1n) is 7.03. The van der Waals surface area contributed by atoms with Crippen molar-refractivity contribution in [3.8, 4) is 0 Å². The Bertz CT molecular complexity index is 377. The topological polar surface area (TPSA) is 69.6 Å². The Labute approximate surface area is 121 Å². The molecule has 1 heterocycles. The largest absolute Gasteiger partial charge is 0.481 e. The number of carboxylic acid groups (broad SMARTS) is 1. The molecule has 0 atom stereocenters. The second-order valence-electron chi connectivity index (χ2n) is 5.42. The molecule has 1 aliphatic heterocycles. The van der Waals surface area contributed by atoms with E-state index in [1.165, 1.54) is 4.90 Å². The second kappa shape index (κ2) is 7.00. The number of nitrogens with zero attached hydrogens (tertiary/aromatic N) is 1. The van der Waals surface area contributed by atoms with Crippen LogP contribution >= 0.6 is 0 Å². The number of carbonyl (C=O) groups is 2. The molecule has 0 saturated carbocycles. The molecule has 0 bridgehead atoms. The molecule has 0 unspecified atom stereocenters. The van der Waals surface area contributed by atoms with Gasteiger partial charge in [0, 0.05) is 19.6 Å². The minimum Gasteiger partial charge on any atom is -0.481 e. The maximum atomic E-state index is 12.0. The molecular formula is C13H21F3N2O3. The molecule has 8 heteroatoms. The number of urea groups is 1. The van der Waals surface area contributed by atoms with E-state index in [-0.39, 0.29) is 13.1 Å². The monoisotopic (exact) mass is 310 g/mol. The molecule has 122 valence electrons. The molecular weight excluding hydrogens is 289 g/mol. The van der Waals surface area contributed by atoms with Gasteiger partial charge in [0.1, 0.15) is 0 Å². The molecule has 1 saturated heterocycles. The Hall–Kier alpha value is -1.47. The lowest BCUT2D eigenvalue weighted by molar-refractivity contribution is -0.152. The summed E-state index contributed by atoms with van der Waals surface area (Å²) in [6.45, 7) is 1.95. The van der Waals surface area contributed by atoms with Crippen molar-refractivity contribution >= 4 is 12.0 Å². The molecule has 2 N–H and O–H groups in total. The van der Waals surface area contributed by atoms with E-state index in [1.54, 1.807) is 0 Å². The van der Waals surface area contributed by atoms with E-state index in [2.05, 4.69) is 5.32 Å². The summed E-state index contributed by atoms with van der Waals surface area (Å²) in [6.07, 6.45) is -3.40. The van der Waals surface area contributed by atoms with Crippen LogP contribution in [-0.4, -0.2) is 47.8 Å². The molecule has 5 nitrogen and oxygen atoms in total. The van der Waals surface area contributed by atoms with Crippen LogP contribution in [0, 0.1) is 5.41 Å². The lowest BCUT2D eigenvalue weighted by Gasteiger charge is -2.38. The quantitative estimate of drug-likeness (QED) is 0.820. The van der Waals surface area contributed by atoms with Crippen molar-refractivity contribution in [3.05, 3.63) is 0 Å². The summed E-state index contributed by atoms with van der Waals surface area (Å²) in [5, 5.41) is 11.5. The molecule has 0 aromatic heterocycles. The highest BCUT2D eigenvalue weighted by atomic mass is 19.4. The summed E-state index contributed by atoms with van der Waals surface area (Å²) < 4.78 is 36.0. The summed E-state index contributed by atoms with van der Waals surface area (Å²) >= 11 is 0. The molecule has 0 aromatic carbocycles. The van der Waals surface area contributed by atoms with Gasteiger partial charge in [-0.25, -0.2) is 4.79 Å². The highest BCUT2D eigenvalue weighted by Gasteiger charge is 2.41. The summed E-state index contributed by atoms with van der Waals surface area (Å²) in [5.41, 5.74) is -0.808. The Morgan fingerprint density at radius 3 is 2.29 bits per heavy atom. The fourth-order valence-corrected chi connectivity index (χ4v) is 2.61. The van der Waals surface area contributed by atoms with Gasteiger partial charge < -0.3 is 15.3 Å². The predicted molar refractivity (Wildman–Crippen MR) is 69.9 cm³/mol. The van der Waals surface area contributed by atoms with Crippen molar-refractivity contribution in [2.45, 2.75) is 45.2 Å². The lowest BCUT2D eigenvalue weighted by Crippen LogP contribution is -2.50. The van der Waals surface area contributed by atoms with E-state index >= 15 is 0 Å². The van der Waals surface area contributed by atoms with Gasteiger partial charge in [0.05, 0.1) is 11.8 Å². The number of nitrogens with one attached hydrogen (secondary N) is 1. The molecule has 1 fully saturated rings. The number of halogens is 3. The average molecular weight is 310 g/mol. The number of carbonyl (C=O) groups excluding carboxylic acids is 1. The van der Waals surface area contributed by atoms with Crippen LogP contribution in [0.1, 0.15) is 39.0 Å². The summed E-state index contributed by atoms with van der Waals surface area (Å²) in [7, 11) is 0. The summed E-state index contributed by atoms with van der Waals surface area (Å²) in [6, 6.07) is -0.560. The van der Waals surface area contributed by atoms with Crippen molar-refractivity contribution in [2.75, 3.05) is 19.6 Å². The van der Waals surface area contributed by atoms with Gasteiger partial charge >= 0.3 is 18.2 Å². The number of likely N-dealkylation sites (tertiary alicyclic amines) is 1. The third-order valence-electron chi connectivity index (χ3n) is 3.87. The number of aliphatic carboxylic acids is 1. The Balaban J connectivity index is 2.44. The van der Waals surface area contributed by atoms with Gasteiger partial charge in [-0.3, -0.25) is 4.79 Å². The molecule has 2 amide bonds. The van der Waals surface area contributed by atoms with Gasteiger partial charge in [-0.05, 0) is 19.3 Å². The Morgan fingerprint density at radius 2 is 1.86 bits per heavy atom. The standard InChI is InChI=1S/C13H21F3N2O3/c1-2-3-12(10(19)20)5-8-18(9-6-12)11(21)17-7-4-13(14,15)16/h2-9H2,1H3,(H,17,21)(H,19,20). The van der Waals surface area contributed by atoms with Crippen molar-refractivity contribution in [1.82, 2.24) is 10.2 Å². The van der Waals surface area contributed by atoms with Gasteiger partial charge in [0.2, 0.25) is 0 Å². The van der Waals surface area contributed by atoms with Gasteiger partial charge in [-0.2, -0.15) is 13.2 Å². The Kier molecular flexibility index (Phi) is 5.86. The van der Waals surface area contributed by atoms with Crippen molar-refractivity contribution in [3.63, 3.8) is 0 Å². The number of carboxylic acids is 1. The first kappa shape index (κ1) is 17.6. The van der Waals surface area contributed by atoms with E-state index in [0.717, 1.165) is 6.42 Å². The third kappa shape index (κ3) is 5.09. The third-order valence-corrected chi connectivity index (χ3v) is 3.87. The zero-order valence-electron chi connectivity index (χ0n) is 12.0. The van der Waals surface area contributed by atoms with Crippen LogP contribution in [0.25, 0.3) is 0 Å². The first-order valence-corrected chi connectivity index (χ1v) is 7.03. The van der Waals surface area contributed by atoms with E-state index in [4.69, 9.17) is 0 Å². The fraction of sp³-hybridized carbons (Fsp3) is 0.846. The van der Waals surface area contributed by atoms with Crippen molar-refractivity contribution in [2.24, 2.45) is 5.41 Å². The maximum Gasteiger partial charge on any atom is 0.390 e. The smallest absolute Gasteiger partial charge is 0.390 e. The van der Waals surface area contributed by atoms with Crippen LogP contribution in [0.4, 0.5) is 18.0 Å². The normalized spacial score (nSPS) is 18.4. The minimum atomic E-state index is -4.30. The van der Waals surface area contributed by atoms with Gasteiger partial charge in [-0.1, -0.05) is 13.3 Å². The lowest BCUT2D eigenvalue weighted by atomic mass is 9.75. The van der Waals surface area contributed by atoms with Crippen LogP contribution < -0.4 is 5.32 Å². The van der Waals surface area contributed by atoms with Crippen LogP contribution in [-0.2, 0) is 4.79 Å². The highest BCUT2D eigenvalue weighted by Crippen LogP contribution is 2.36. The number of piperidine rings is 1. The van der Waals surface area contributed by atoms with Gasteiger partial charge in [-0.15, -0.1) is 0 Å². The fourth-order valence-electron chi connectivity index (χ4n) is 2.61. The molecule has 0 aliphatic carbocycles. The van der Waals surface area contributed by atoms with E-state index < -0.39 is 36.6 Å². The van der Waals surface area contributed by atoms with E-state index in [1.807, 2.05) is 6.92 Å². The maximum absolute atomic E-state index is 12.0. The molecule has 1 rings (SSSR count). The molecule has 0 aromatic rings. The Morgan fingerprint density at radius 1 is 1.29 bits per heavy atom. The zero-order valence-corrected chi connectivity index (χ0v) is 12.0. The van der Waals surface area contributed by atoms with Crippen LogP contribution in [0.15, 0.2) is 0 Å². The van der Waals surface area contributed by atoms with Gasteiger partial charge in [0.25, 0.3) is 0 Å². The average Bonchev–Trinajstić information content (AvgIpc) is 2.38. The van der Waals surface area contributed by atoms with E-state index in [0.29, 0.717) is 19.3 Å². The second-order valence-corrected chi connectivity index (χ2v) is 5.42. The van der Waals surface area contributed by atoms with Crippen molar-refractivity contribution in [1.29, 1.82) is 0 Å². The minimum absolute atomic E-state index is 0.254. The molecule has 1 aliphatic rings. The van der Waals surface area contributed by atoms with Crippen LogP contribution in [0.2, 0.25) is 0 Å². The number of amides is 2. The van der Waals surface area contributed by atoms with E-state index in [9.17, 15) is 27.9 Å². The molecule has 21 heavy (non-hydrogen) atoms. The first-order chi connectivity index (χ1) is 9.70. The highest BCUT2D eigenvalue weighted by molar-refractivity contribution is 5.77. The predicted octanol–water partition coefficient (Wildman–Crippen LogP) is 2.62. The molecule has 0 radical (unpaired) electrons. The number of rotatable bonds is 5. The summed E-state index contributed by atoms with van der Waals surface area (Å²) in [5.74, 6) is -0.860. The van der Waals surface area contributed by atoms with Gasteiger partial charge in [0.15, 0.2) is 0 Å². The van der Waals surface area contributed by atoms with Crippen molar-refractivity contribution < 1.29 is 27.9 Å². The zero-order chi connectivity index (χ0) is 16.1. The van der Waals surface area contributed by atoms with Crippen LogP contribution in [0.5, 0.6) is 0 Å².